The second-order valence-corrected chi connectivity index (χ2v) is 11.1. The van der Waals surface area contributed by atoms with Crippen LogP contribution in [0, 0.1) is 5.82 Å². The first kappa shape index (κ1) is 23.4. The van der Waals surface area contributed by atoms with Crippen LogP contribution in [0.3, 0.4) is 0 Å². The first-order valence-electron chi connectivity index (χ1n) is 10.8. The van der Waals surface area contributed by atoms with Gasteiger partial charge in [0.15, 0.2) is 5.82 Å². The summed E-state index contributed by atoms with van der Waals surface area (Å²) in [5.74, 6) is 0.374. The summed E-state index contributed by atoms with van der Waals surface area (Å²) in [7, 11) is -3.38. The Bertz CT molecular complexity index is 1370. The average Bonchev–Trinajstić information content (AvgIpc) is 3.16. The maximum absolute atomic E-state index is 15.0. The second kappa shape index (κ2) is 8.68. The molecule has 0 aliphatic carbocycles. The van der Waals surface area contributed by atoms with Gasteiger partial charge in [-0.25, -0.2) is 27.8 Å². The molecule has 2 N–H and O–H groups in total. The van der Waals surface area contributed by atoms with E-state index >= 15 is 4.39 Å². The fraction of sp³-hybridized carbons (Fsp3) is 0.476. The molecule has 3 atom stereocenters. The van der Waals surface area contributed by atoms with Crippen LogP contribution >= 0.6 is 11.6 Å². The maximum Gasteiger partial charge on any atom is 0.223 e. The Morgan fingerprint density at radius 1 is 1.32 bits per heavy atom. The third-order valence-corrected chi connectivity index (χ3v) is 7.74. The van der Waals surface area contributed by atoms with E-state index in [0.29, 0.717) is 42.2 Å². The predicted molar refractivity (Wildman–Crippen MR) is 125 cm³/mol. The van der Waals surface area contributed by atoms with E-state index in [1.165, 1.54) is 16.6 Å². The van der Waals surface area contributed by atoms with Crippen molar-refractivity contribution < 1.29 is 22.7 Å². The molecule has 0 bridgehead atoms. The molecule has 1 fully saturated rings. The van der Waals surface area contributed by atoms with Crippen LogP contribution in [0.5, 0.6) is 0 Å². The van der Waals surface area contributed by atoms with Gasteiger partial charge in [-0.2, -0.15) is 4.31 Å². The Morgan fingerprint density at radius 3 is 2.85 bits per heavy atom. The molecule has 1 saturated heterocycles. The Kier molecular flexibility index (Phi) is 5.97. The van der Waals surface area contributed by atoms with Crippen molar-refractivity contribution in [2.24, 2.45) is 0 Å². The number of rotatable bonds is 4. The summed E-state index contributed by atoms with van der Waals surface area (Å²) in [6.45, 7) is 3.05. The molecule has 0 radical (unpaired) electrons. The molecule has 1 aromatic carbocycles. The van der Waals surface area contributed by atoms with E-state index in [-0.39, 0.29) is 35.6 Å². The Labute approximate surface area is 200 Å². The number of aromatic nitrogens is 4. The zero-order valence-electron chi connectivity index (χ0n) is 18.6. The van der Waals surface area contributed by atoms with Gasteiger partial charge in [0.2, 0.25) is 16.0 Å². The minimum absolute atomic E-state index is 0.000730. The number of ether oxygens (including phenoxy) is 1. The highest BCUT2D eigenvalue weighted by Crippen LogP contribution is 2.34. The number of piperidine rings is 1. The van der Waals surface area contributed by atoms with Crippen molar-refractivity contribution >= 4 is 38.6 Å². The number of fused-ring (bicyclic) bond motifs is 3. The van der Waals surface area contributed by atoms with Gasteiger partial charge in [0, 0.05) is 18.7 Å². The molecule has 4 heterocycles. The molecule has 0 spiro atoms. The van der Waals surface area contributed by atoms with E-state index in [4.69, 9.17) is 16.3 Å². The minimum atomic E-state index is -3.38. The summed E-state index contributed by atoms with van der Waals surface area (Å²) in [4.78, 5) is 13.1. The van der Waals surface area contributed by atoms with Crippen molar-refractivity contribution in [1.29, 1.82) is 0 Å². The number of halogens is 2. The lowest BCUT2D eigenvalue weighted by Gasteiger charge is -2.34. The first-order chi connectivity index (χ1) is 16.1. The van der Waals surface area contributed by atoms with Gasteiger partial charge in [-0.1, -0.05) is 11.6 Å². The van der Waals surface area contributed by atoms with Gasteiger partial charge in [-0.05, 0) is 25.5 Å². The van der Waals surface area contributed by atoms with E-state index < -0.39 is 28.0 Å². The van der Waals surface area contributed by atoms with E-state index in [9.17, 15) is 13.5 Å². The van der Waals surface area contributed by atoms with Crippen LogP contribution in [0.1, 0.15) is 25.2 Å². The number of hydrogen-bond acceptors (Lipinski definition) is 8. The van der Waals surface area contributed by atoms with Crippen molar-refractivity contribution in [3.8, 4) is 11.3 Å². The molecule has 182 valence electrons. The van der Waals surface area contributed by atoms with Crippen LogP contribution in [-0.2, 0) is 21.4 Å². The third kappa shape index (κ3) is 4.24. The van der Waals surface area contributed by atoms with Crippen molar-refractivity contribution in [1.82, 2.24) is 23.8 Å². The fourth-order valence-electron chi connectivity index (χ4n) is 4.50. The molecular weight excluding hydrogens is 487 g/mol. The van der Waals surface area contributed by atoms with Crippen LogP contribution in [0.2, 0.25) is 5.02 Å². The van der Waals surface area contributed by atoms with E-state index in [2.05, 4.69) is 20.3 Å². The Morgan fingerprint density at radius 2 is 2.12 bits per heavy atom. The van der Waals surface area contributed by atoms with Crippen LogP contribution < -0.4 is 5.32 Å². The molecule has 10 nitrogen and oxygen atoms in total. The Hall–Kier alpha value is -2.38. The highest BCUT2D eigenvalue weighted by Gasteiger charge is 2.32. The molecule has 0 saturated carbocycles. The molecular formula is C21H24ClFN6O4S. The number of imidazole rings is 1. The number of hydrogen-bond donors (Lipinski definition) is 2. The Balaban J connectivity index is 1.46. The fourth-order valence-corrected chi connectivity index (χ4v) is 5.56. The summed E-state index contributed by atoms with van der Waals surface area (Å²) in [5.41, 5.74) is 1.70. The number of benzene rings is 1. The molecule has 0 unspecified atom stereocenters. The third-order valence-electron chi connectivity index (χ3n) is 6.20. The summed E-state index contributed by atoms with van der Waals surface area (Å²) in [6.07, 6.45) is 1.96. The lowest BCUT2D eigenvalue weighted by molar-refractivity contribution is 0.0621. The van der Waals surface area contributed by atoms with E-state index in [1.54, 1.807) is 6.07 Å². The molecule has 3 aromatic rings. The summed E-state index contributed by atoms with van der Waals surface area (Å²) in [6, 6.07) is 2.69. The van der Waals surface area contributed by atoms with Gasteiger partial charge in [-0.15, -0.1) is 0 Å². The quantitative estimate of drug-likeness (QED) is 0.547. The number of nitrogens with one attached hydrogen (secondary N) is 1. The zero-order chi connectivity index (χ0) is 24.2. The molecule has 5 rings (SSSR count). The molecule has 34 heavy (non-hydrogen) atoms. The topological polar surface area (TPSA) is 122 Å². The number of nitrogens with zero attached hydrogens (tertiary/aromatic N) is 5. The van der Waals surface area contributed by atoms with Crippen LogP contribution in [0.25, 0.3) is 22.3 Å². The normalized spacial score (nSPS) is 23.7. The lowest BCUT2D eigenvalue weighted by Crippen LogP contribution is -2.51. The first-order valence-corrected chi connectivity index (χ1v) is 13.0. The molecule has 0 amide bonds. The highest BCUT2D eigenvalue weighted by molar-refractivity contribution is 7.88. The van der Waals surface area contributed by atoms with E-state index in [0.717, 1.165) is 6.26 Å². The van der Waals surface area contributed by atoms with Gasteiger partial charge in [0.05, 0.1) is 53.5 Å². The molecule has 2 aromatic heterocycles. The van der Waals surface area contributed by atoms with Crippen molar-refractivity contribution in [3.63, 3.8) is 0 Å². The summed E-state index contributed by atoms with van der Waals surface area (Å²) < 4.78 is 47.3. The second-order valence-electron chi connectivity index (χ2n) is 8.71. The van der Waals surface area contributed by atoms with Gasteiger partial charge in [-0.3, -0.25) is 0 Å². The van der Waals surface area contributed by atoms with Crippen molar-refractivity contribution in [3.05, 3.63) is 35.0 Å². The van der Waals surface area contributed by atoms with Crippen molar-refractivity contribution in [2.45, 2.75) is 38.1 Å². The van der Waals surface area contributed by atoms with Gasteiger partial charge in [0.25, 0.3) is 0 Å². The number of aliphatic hydroxyl groups excluding tert-OH is 1. The molecule has 2 aliphatic heterocycles. The predicted octanol–water partition coefficient (Wildman–Crippen LogP) is 2.18. The van der Waals surface area contributed by atoms with Crippen LogP contribution in [-0.4, -0.2) is 75.4 Å². The smallest absolute Gasteiger partial charge is 0.223 e. The standard InChI is InChI=1S/C21H24ClFN6O4S/c1-11-9-33-10-18-26-20-14(23)5-12(6-16(20)29(11)18)19-13(22)7-24-21(27-19)25-15-3-4-28(8-17(15)30)34(2,31)32/h5-7,11,15,17,30H,3-4,8-10H2,1-2H3,(H,24,25,27)/t11-,15-,17-/m1/s1. The van der Waals surface area contributed by atoms with Gasteiger partial charge >= 0.3 is 0 Å². The number of anilines is 1. The number of β-amino-alcohol motifs (C(OH)–C–C–N with tert-alkyl or cyclic N) is 1. The lowest BCUT2D eigenvalue weighted by atomic mass is 10.0. The maximum atomic E-state index is 15.0. The largest absolute Gasteiger partial charge is 0.390 e. The monoisotopic (exact) mass is 510 g/mol. The number of aliphatic hydroxyl groups is 1. The van der Waals surface area contributed by atoms with Crippen LogP contribution in [0.15, 0.2) is 18.3 Å². The van der Waals surface area contributed by atoms with Crippen LogP contribution in [0.4, 0.5) is 10.3 Å². The van der Waals surface area contributed by atoms with Gasteiger partial charge in [0.1, 0.15) is 17.9 Å². The zero-order valence-corrected chi connectivity index (χ0v) is 20.1. The summed E-state index contributed by atoms with van der Waals surface area (Å²) in [5, 5.41) is 13.8. The summed E-state index contributed by atoms with van der Waals surface area (Å²) >= 11 is 6.38. The highest BCUT2D eigenvalue weighted by atomic mass is 35.5. The SMILES string of the molecule is C[C@@H]1COCc2nc3c(F)cc(-c4nc(N[C@@H]5CCN(S(C)(=O)=O)C[C@H]5O)ncc4Cl)cc3n21. The molecule has 2 aliphatic rings. The average molecular weight is 511 g/mol. The number of sulfonamides is 1. The van der Waals surface area contributed by atoms with Gasteiger partial charge < -0.3 is 19.7 Å². The minimum Gasteiger partial charge on any atom is -0.390 e. The van der Waals surface area contributed by atoms with E-state index in [1.807, 2.05) is 11.5 Å². The molecule has 13 heteroatoms. The van der Waals surface area contributed by atoms with Crippen molar-refractivity contribution in [2.75, 3.05) is 31.3 Å².